The van der Waals surface area contributed by atoms with Crippen LogP contribution >= 0.6 is 0 Å². The quantitative estimate of drug-likeness (QED) is 0.491. The van der Waals surface area contributed by atoms with Crippen molar-refractivity contribution in [3.63, 3.8) is 0 Å². The van der Waals surface area contributed by atoms with Crippen LogP contribution in [0.2, 0.25) is 0 Å². The fourth-order valence-corrected chi connectivity index (χ4v) is 3.41. The summed E-state index contributed by atoms with van der Waals surface area (Å²) in [7, 11) is 1.62. The summed E-state index contributed by atoms with van der Waals surface area (Å²) in [4.78, 5) is 16.8. The minimum absolute atomic E-state index is 0.253. The number of ether oxygens (including phenoxy) is 2. The monoisotopic (exact) mass is 418 g/mol. The molecule has 2 N–H and O–H groups in total. The Balaban J connectivity index is 1.79. The molecule has 0 saturated heterocycles. The van der Waals surface area contributed by atoms with Crippen LogP contribution in [0.5, 0.6) is 5.75 Å². The van der Waals surface area contributed by atoms with E-state index in [1.54, 1.807) is 31.8 Å². The smallest absolute Gasteiger partial charge is 0.342 e. The number of pyridine rings is 1. The van der Waals surface area contributed by atoms with E-state index in [0.717, 1.165) is 16.9 Å². The summed E-state index contributed by atoms with van der Waals surface area (Å²) in [5, 5.41) is 13.7. The highest BCUT2D eigenvalue weighted by atomic mass is 16.5. The van der Waals surface area contributed by atoms with Gasteiger partial charge >= 0.3 is 5.97 Å². The molecule has 158 valence electrons. The lowest BCUT2D eigenvalue weighted by molar-refractivity contribution is 0.0526. The largest absolute Gasteiger partial charge is 0.497 e. The topological polar surface area (TPSA) is 118 Å². The maximum atomic E-state index is 12.3. The van der Waals surface area contributed by atoms with E-state index < -0.39 is 5.97 Å². The molecular weight excluding hydrogens is 396 g/mol. The second-order valence-electron chi connectivity index (χ2n) is 6.97. The van der Waals surface area contributed by atoms with Crippen molar-refractivity contribution < 1.29 is 14.3 Å². The summed E-state index contributed by atoms with van der Waals surface area (Å²) >= 11 is 0. The Labute approximate surface area is 178 Å². The Morgan fingerprint density at radius 1 is 1.19 bits per heavy atom. The zero-order valence-corrected chi connectivity index (χ0v) is 17.7. The van der Waals surface area contributed by atoms with Gasteiger partial charge in [-0.3, -0.25) is 0 Å². The highest BCUT2D eigenvalue weighted by Gasteiger charge is 2.22. The van der Waals surface area contributed by atoms with Crippen LogP contribution in [0.4, 0.5) is 5.69 Å². The number of nitrogen functional groups attached to an aromatic ring is 1. The van der Waals surface area contributed by atoms with E-state index >= 15 is 0 Å². The van der Waals surface area contributed by atoms with E-state index in [-0.39, 0.29) is 17.9 Å². The molecule has 4 rings (SSSR count). The van der Waals surface area contributed by atoms with Crippen molar-refractivity contribution in [3.8, 4) is 22.8 Å². The van der Waals surface area contributed by atoms with Gasteiger partial charge in [-0.05, 0) is 44.5 Å². The van der Waals surface area contributed by atoms with E-state index in [9.17, 15) is 4.79 Å². The first-order valence-corrected chi connectivity index (χ1v) is 9.74. The maximum Gasteiger partial charge on any atom is 0.342 e. The molecule has 1 aromatic carbocycles. The lowest BCUT2D eigenvalue weighted by atomic mass is 10.1. The summed E-state index contributed by atoms with van der Waals surface area (Å²) in [6.07, 6.45) is 1.57. The molecule has 0 aliphatic rings. The lowest BCUT2D eigenvalue weighted by Gasteiger charge is -2.11. The summed E-state index contributed by atoms with van der Waals surface area (Å²) in [6, 6.07) is 9.54. The van der Waals surface area contributed by atoms with Gasteiger partial charge in [0.2, 0.25) is 0 Å². The first-order valence-electron chi connectivity index (χ1n) is 9.74. The highest BCUT2D eigenvalue weighted by Crippen LogP contribution is 2.29. The molecule has 0 unspecified atom stereocenters. The molecule has 9 heteroatoms. The molecule has 0 aliphatic heterocycles. The van der Waals surface area contributed by atoms with E-state index in [1.807, 2.05) is 37.3 Å². The second kappa shape index (κ2) is 8.02. The van der Waals surface area contributed by atoms with Crippen LogP contribution < -0.4 is 10.5 Å². The predicted octanol–water partition coefficient (Wildman–Crippen LogP) is 3.26. The molecule has 0 saturated carbocycles. The van der Waals surface area contributed by atoms with Crippen LogP contribution in [0.1, 0.15) is 28.5 Å². The SMILES string of the molecule is CCOC(=O)c1c(C)nc2c(cnn2-c2nnc(-c3cccc(OC)c3)cc2C)c1N. The van der Waals surface area contributed by atoms with E-state index in [4.69, 9.17) is 15.2 Å². The van der Waals surface area contributed by atoms with Crippen molar-refractivity contribution in [3.05, 3.63) is 53.3 Å². The third kappa shape index (κ3) is 3.54. The molecule has 3 aromatic heterocycles. The number of carbonyl (C=O) groups excluding carboxylic acids is 1. The Morgan fingerprint density at radius 2 is 2.00 bits per heavy atom. The van der Waals surface area contributed by atoms with Crippen molar-refractivity contribution in [2.45, 2.75) is 20.8 Å². The van der Waals surface area contributed by atoms with Gasteiger partial charge in [0.1, 0.15) is 11.3 Å². The van der Waals surface area contributed by atoms with Gasteiger partial charge in [-0.15, -0.1) is 10.2 Å². The fourth-order valence-electron chi connectivity index (χ4n) is 3.41. The van der Waals surface area contributed by atoms with Crippen molar-refractivity contribution in [1.29, 1.82) is 0 Å². The van der Waals surface area contributed by atoms with Crippen molar-refractivity contribution in [1.82, 2.24) is 25.0 Å². The van der Waals surface area contributed by atoms with Gasteiger partial charge in [-0.25, -0.2) is 9.78 Å². The minimum Gasteiger partial charge on any atom is -0.497 e. The summed E-state index contributed by atoms with van der Waals surface area (Å²) in [5.41, 5.74) is 10.2. The number of esters is 1. The Kier molecular flexibility index (Phi) is 5.24. The number of hydrogen-bond acceptors (Lipinski definition) is 8. The predicted molar refractivity (Wildman–Crippen MR) is 116 cm³/mol. The van der Waals surface area contributed by atoms with Gasteiger partial charge in [0.05, 0.1) is 42.4 Å². The normalized spacial score (nSPS) is 11.0. The number of fused-ring (bicyclic) bond motifs is 1. The molecule has 0 spiro atoms. The van der Waals surface area contributed by atoms with Gasteiger partial charge < -0.3 is 15.2 Å². The standard InChI is InChI=1S/C22H22N6O3/c1-5-31-22(29)18-13(3)25-21-16(19(18)23)11-24-28(21)20-12(2)9-17(26-27-20)14-7-6-8-15(10-14)30-4/h6-11H,5H2,1-4H3,(H2,23,25). The summed E-state index contributed by atoms with van der Waals surface area (Å²) < 4.78 is 12.0. The van der Waals surface area contributed by atoms with Crippen molar-refractivity contribution in [2.75, 3.05) is 19.5 Å². The van der Waals surface area contributed by atoms with Gasteiger partial charge in [-0.1, -0.05) is 12.1 Å². The number of aryl methyl sites for hydroxylation is 2. The number of aromatic nitrogens is 5. The molecule has 0 amide bonds. The number of benzene rings is 1. The molecular formula is C22H22N6O3. The van der Waals surface area contributed by atoms with Crippen LogP contribution in [0.25, 0.3) is 28.1 Å². The number of hydrogen-bond donors (Lipinski definition) is 1. The number of anilines is 1. The Hall–Kier alpha value is -4.01. The zero-order chi connectivity index (χ0) is 22.1. The molecule has 0 atom stereocenters. The summed E-state index contributed by atoms with van der Waals surface area (Å²) in [6.45, 7) is 5.63. The molecule has 3 heterocycles. The van der Waals surface area contributed by atoms with Gasteiger partial charge in [0.25, 0.3) is 0 Å². The number of rotatable bonds is 5. The first-order chi connectivity index (χ1) is 14.9. The molecule has 0 bridgehead atoms. The van der Waals surface area contributed by atoms with Crippen LogP contribution in [-0.4, -0.2) is 44.6 Å². The average Bonchev–Trinajstić information content (AvgIpc) is 3.17. The zero-order valence-electron chi connectivity index (χ0n) is 17.7. The Bertz CT molecular complexity index is 1300. The number of nitrogens with two attached hydrogens (primary N) is 1. The van der Waals surface area contributed by atoms with E-state index in [2.05, 4.69) is 20.3 Å². The second-order valence-corrected chi connectivity index (χ2v) is 6.97. The minimum atomic E-state index is -0.502. The third-order valence-electron chi connectivity index (χ3n) is 4.94. The highest BCUT2D eigenvalue weighted by molar-refractivity contribution is 6.04. The molecule has 31 heavy (non-hydrogen) atoms. The molecule has 4 aromatic rings. The average molecular weight is 418 g/mol. The first kappa shape index (κ1) is 20.3. The number of methoxy groups -OCH3 is 1. The van der Waals surface area contributed by atoms with E-state index in [1.165, 1.54) is 0 Å². The fraction of sp³-hybridized carbons (Fsp3) is 0.227. The third-order valence-corrected chi connectivity index (χ3v) is 4.94. The van der Waals surface area contributed by atoms with Gasteiger partial charge in [0.15, 0.2) is 11.5 Å². The molecule has 0 radical (unpaired) electrons. The number of carbonyl (C=O) groups is 1. The summed E-state index contributed by atoms with van der Waals surface area (Å²) in [5.74, 6) is 0.766. The maximum absolute atomic E-state index is 12.3. The van der Waals surface area contributed by atoms with Crippen LogP contribution in [0.3, 0.4) is 0 Å². The molecule has 9 nitrogen and oxygen atoms in total. The van der Waals surface area contributed by atoms with Gasteiger partial charge in [0, 0.05) is 5.56 Å². The van der Waals surface area contributed by atoms with Crippen LogP contribution in [0.15, 0.2) is 36.5 Å². The van der Waals surface area contributed by atoms with Crippen molar-refractivity contribution >= 4 is 22.7 Å². The van der Waals surface area contributed by atoms with Gasteiger partial charge in [-0.2, -0.15) is 9.78 Å². The van der Waals surface area contributed by atoms with Crippen LogP contribution in [-0.2, 0) is 4.74 Å². The lowest BCUT2D eigenvalue weighted by Crippen LogP contribution is -2.12. The molecule has 0 aliphatic carbocycles. The van der Waals surface area contributed by atoms with Crippen molar-refractivity contribution in [2.24, 2.45) is 0 Å². The van der Waals surface area contributed by atoms with Crippen LogP contribution in [0, 0.1) is 13.8 Å². The molecule has 0 fully saturated rings. The Morgan fingerprint density at radius 3 is 2.71 bits per heavy atom. The van der Waals surface area contributed by atoms with E-state index in [0.29, 0.717) is 28.2 Å². The number of nitrogens with zero attached hydrogens (tertiary/aromatic N) is 5.